The topological polar surface area (TPSA) is 147 Å². The fourth-order valence-corrected chi connectivity index (χ4v) is 3.73. The molecule has 0 aromatic rings. The first-order chi connectivity index (χ1) is 15.0. The van der Waals surface area contributed by atoms with Crippen LogP contribution in [-0.4, -0.2) is 84.7 Å². The van der Waals surface area contributed by atoms with E-state index in [1.807, 2.05) is 0 Å². The van der Waals surface area contributed by atoms with E-state index in [0.717, 1.165) is 20.8 Å². The van der Waals surface area contributed by atoms with E-state index in [0.29, 0.717) is 12.8 Å². The second-order valence-corrected chi connectivity index (χ2v) is 7.49. The summed E-state index contributed by atoms with van der Waals surface area (Å²) in [6, 6.07) is -0.880. The van der Waals surface area contributed by atoms with Gasteiger partial charge in [-0.3, -0.25) is 24.2 Å². The van der Waals surface area contributed by atoms with Gasteiger partial charge in [0.2, 0.25) is 0 Å². The molecule has 0 radical (unpaired) electrons. The van der Waals surface area contributed by atoms with Gasteiger partial charge in [-0.05, 0) is 19.8 Å². The average Bonchev–Trinajstić information content (AvgIpc) is 2.70. The summed E-state index contributed by atoms with van der Waals surface area (Å²) >= 11 is 0. The minimum absolute atomic E-state index is 0.195. The van der Waals surface area contributed by atoms with Gasteiger partial charge in [0.25, 0.3) is 0 Å². The largest absolute Gasteiger partial charge is 0.467 e. The molecule has 2 heterocycles. The highest BCUT2D eigenvalue weighted by atomic mass is 16.7. The molecule has 0 unspecified atom stereocenters. The number of rotatable bonds is 7. The SMILES string of the molecule is COC(=O)[C@H]1CCC=NN1[C@@H]1O[C@H](CC(C)=O)[C@@H](OC(C)=O)[C@H](OC(C)=O)[C@H]1OC(C)=O. The molecule has 0 aromatic heterocycles. The monoisotopic (exact) mass is 456 g/mol. The average molecular weight is 456 g/mol. The zero-order valence-electron chi connectivity index (χ0n) is 18.6. The van der Waals surface area contributed by atoms with Crippen LogP contribution in [0, 0.1) is 0 Å². The summed E-state index contributed by atoms with van der Waals surface area (Å²) in [6.07, 6.45) is -4.01. The van der Waals surface area contributed by atoms with Crippen LogP contribution >= 0.6 is 0 Å². The Morgan fingerprint density at radius 2 is 1.50 bits per heavy atom. The van der Waals surface area contributed by atoms with Crippen molar-refractivity contribution in [1.29, 1.82) is 0 Å². The van der Waals surface area contributed by atoms with Crippen LogP contribution in [0.15, 0.2) is 5.10 Å². The smallest absolute Gasteiger partial charge is 0.330 e. The Bertz CT molecular complexity index is 782. The lowest BCUT2D eigenvalue weighted by molar-refractivity contribution is -0.278. The first-order valence-electron chi connectivity index (χ1n) is 10.1. The van der Waals surface area contributed by atoms with Crippen molar-refractivity contribution in [2.75, 3.05) is 7.11 Å². The molecule has 12 heteroatoms. The zero-order chi connectivity index (χ0) is 24.0. The van der Waals surface area contributed by atoms with Gasteiger partial charge in [-0.2, -0.15) is 5.10 Å². The summed E-state index contributed by atoms with van der Waals surface area (Å²) in [4.78, 5) is 59.8. The lowest BCUT2D eigenvalue weighted by Gasteiger charge is -2.48. The molecule has 0 spiro atoms. The van der Waals surface area contributed by atoms with E-state index in [-0.39, 0.29) is 12.2 Å². The number of ether oxygens (including phenoxy) is 5. The van der Waals surface area contributed by atoms with Crippen LogP contribution in [-0.2, 0) is 47.7 Å². The molecule has 0 N–H and O–H groups in total. The van der Waals surface area contributed by atoms with Crippen molar-refractivity contribution in [3.8, 4) is 0 Å². The van der Waals surface area contributed by atoms with Crippen molar-refractivity contribution >= 4 is 35.9 Å². The summed E-state index contributed by atoms with van der Waals surface area (Å²) < 4.78 is 27.0. The van der Waals surface area contributed by atoms with Gasteiger partial charge in [0, 0.05) is 33.4 Å². The summed E-state index contributed by atoms with van der Waals surface area (Å²) in [5.41, 5.74) is 0. The van der Waals surface area contributed by atoms with E-state index in [1.165, 1.54) is 19.0 Å². The highest BCUT2D eigenvalue weighted by Gasteiger charge is 2.55. The Balaban J connectivity index is 2.57. The quantitative estimate of drug-likeness (QED) is 0.380. The number of nitrogens with zero attached hydrogens (tertiary/aromatic N) is 2. The number of Topliss-reactive ketones (excluding diaryl/α,β-unsaturated/α-hetero) is 1. The molecular weight excluding hydrogens is 428 g/mol. The van der Waals surface area contributed by atoms with E-state index in [9.17, 15) is 24.0 Å². The third-order valence-corrected chi connectivity index (χ3v) is 4.84. The summed E-state index contributed by atoms with van der Waals surface area (Å²) in [7, 11) is 1.22. The number of hydrogen-bond donors (Lipinski definition) is 0. The van der Waals surface area contributed by atoms with E-state index < -0.39 is 60.6 Å². The number of ketones is 1. The van der Waals surface area contributed by atoms with E-state index >= 15 is 0 Å². The van der Waals surface area contributed by atoms with Gasteiger partial charge >= 0.3 is 23.9 Å². The normalized spacial score (nSPS) is 29.6. The Labute approximate surface area is 185 Å². The Morgan fingerprint density at radius 1 is 0.938 bits per heavy atom. The minimum atomic E-state index is -1.33. The number of hydrazone groups is 1. The molecule has 32 heavy (non-hydrogen) atoms. The maximum atomic E-state index is 12.4. The van der Waals surface area contributed by atoms with Crippen LogP contribution in [0.5, 0.6) is 0 Å². The second-order valence-electron chi connectivity index (χ2n) is 7.49. The maximum Gasteiger partial charge on any atom is 0.330 e. The molecule has 6 atom stereocenters. The molecule has 2 aliphatic rings. The van der Waals surface area contributed by atoms with Gasteiger partial charge in [-0.25, -0.2) is 4.79 Å². The van der Waals surface area contributed by atoms with E-state index in [2.05, 4.69) is 5.10 Å². The third kappa shape index (κ3) is 6.25. The van der Waals surface area contributed by atoms with Crippen molar-refractivity contribution in [2.24, 2.45) is 5.10 Å². The van der Waals surface area contributed by atoms with Crippen molar-refractivity contribution in [1.82, 2.24) is 5.01 Å². The number of methoxy groups -OCH3 is 1. The maximum absolute atomic E-state index is 12.4. The molecule has 0 bridgehead atoms. The number of esters is 4. The molecule has 0 aliphatic carbocycles. The van der Waals surface area contributed by atoms with Crippen molar-refractivity contribution in [3.05, 3.63) is 0 Å². The molecule has 2 aliphatic heterocycles. The van der Waals surface area contributed by atoms with E-state index in [1.54, 1.807) is 6.21 Å². The predicted octanol–water partition coefficient (Wildman–Crippen LogP) is 0.109. The second kappa shape index (κ2) is 11.0. The Kier molecular flexibility index (Phi) is 8.70. The van der Waals surface area contributed by atoms with Crippen LogP contribution in [0.4, 0.5) is 0 Å². The van der Waals surface area contributed by atoms with Crippen molar-refractivity contribution < 1.29 is 47.7 Å². The fraction of sp³-hybridized carbons (Fsp3) is 0.700. The molecular formula is C20H28N2O10. The molecule has 0 amide bonds. The fourth-order valence-electron chi connectivity index (χ4n) is 3.73. The predicted molar refractivity (Wildman–Crippen MR) is 106 cm³/mol. The Hall–Kier alpha value is -3.02. The van der Waals surface area contributed by atoms with Crippen LogP contribution in [0.25, 0.3) is 0 Å². The first-order valence-corrected chi connectivity index (χ1v) is 10.1. The van der Waals surface area contributed by atoms with Crippen molar-refractivity contribution in [2.45, 2.75) is 83.6 Å². The molecule has 0 saturated carbocycles. The molecule has 12 nitrogen and oxygen atoms in total. The van der Waals surface area contributed by atoms with Crippen molar-refractivity contribution in [3.63, 3.8) is 0 Å². The van der Waals surface area contributed by atoms with Gasteiger partial charge in [-0.1, -0.05) is 0 Å². The summed E-state index contributed by atoms with van der Waals surface area (Å²) in [6.45, 7) is 4.74. The molecule has 1 fully saturated rings. The number of carbonyl (C=O) groups excluding carboxylic acids is 5. The van der Waals surface area contributed by atoms with Gasteiger partial charge in [0.1, 0.15) is 17.9 Å². The van der Waals surface area contributed by atoms with Crippen LogP contribution in [0.2, 0.25) is 0 Å². The molecule has 0 aromatic carbocycles. The summed E-state index contributed by atoms with van der Waals surface area (Å²) in [5.74, 6) is -3.07. The third-order valence-electron chi connectivity index (χ3n) is 4.84. The minimum Gasteiger partial charge on any atom is -0.467 e. The van der Waals surface area contributed by atoms with Crippen LogP contribution in [0.1, 0.15) is 47.0 Å². The molecule has 2 rings (SSSR count). The van der Waals surface area contributed by atoms with Gasteiger partial charge < -0.3 is 23.7 Å². The van der Waals surface area contributed by atoms with E-state index in [4.69, 9.17) is 23.7 Å². The zero-order valence-corrected chi connectivity index (χ0v) is 18.6. The lowest BCUT2D eigenvalue weighted by Crippen LogP contribution is -2.66. The van der Waals surface area contributed by atoms with Gasteiger partial charge in [0.05, 0.1) is 7.11 Å². The first kappa shape index (κ1) is 25.2. The highest BCUT2D eigenvalue weighted by molar-refractivity contribution is 5.77. The van der Waals surface area contributed by atoms with Gasteiger partial charge in [0.15, 0.2) is 24.5 Å². The van der Waals surface area contributed by atoms with Gasteiger partial charge in [-0.15, -0.1) is 0 Å². The summed E-state index contributed by atoms with van der Waals surface area (Å²) in [5, 5.41) is 5.49. The molecule has 1 saturated heterocycles. The lowest BCUT2D eigenvalue weighted by atomic mass is 9.93. The molecule has 178 valence electrons. The highest BCUT2D eigenvalue weighted by Crippen LogP contribution is 2.34. The number of hydrogen-bond acceptors (Lipinski definition) is 12. The number of carbonyl (C=O) groups is 5. The van der Waals surface area contributed by atoms with Crippen LogP contribution < -0.4 is 0 Å². The van der Waals surface area contributed by atoms with Crippen LogP contribution in [0.3, 0.4) is 0 Å². The standard InChI is InChI=1S/C20H28N2O10/c1-10(23)9-15-16(29-11(2)24)17(30-12(3)25)18(31-13(4)26)19(32-15)22-14(20(27)28-5)7-6-8-21-22/h8,14-19H,6-7,9H2,1-5H3/t14-,15-,16-,17+,18-,19-/m1/s1. The Morgan fingerprint density at radius 3 is 2.03 bits per heavy atom.